The summed E-state index contributed by atoms with van der Waals surface area (Å²) in [6, 6.07) is 16.6. The van der Waals surface area contributed by atoms with Gasteiger partial charge in [0.2, 0.25) is 0 Å². The Morgan fingerprint density at radius 1 is 1.14 bits per heavy atom. The average Bonchev–Trinajstić information content (AvgIpc) is 2.54. The molecule has 3 rings (SSSR count). The normalized spacial score (nSPS) is 15.4. The van der Waals surface area contributed by atoms with Gasteiger partial charge in [0.25, 0.3) is 0 Å². The zero-order valence-corrected chi connectivity index (χ0v) is 12.6. The summed E-state index contributed by atoms with van der Waals surface area (Å²) in [5.74, 6) is 0.960. The van der Waals surface area contributed by atoms with Crippen LogP contribution in [-0.4, -0.2) is 11.9 Å². The molecule has 1 heterocycles. The van der Waals surface area contributed by atoms with E-state index < -0.39 is 0 Å². The molecule has 2 aromatic rings. The number of amidine groups is 1. The van der Waals surface area contributed by atoms with Gasteiger partial charge in [-0.15, -0.1) is 0 Å². The molecule has 0 amide bonds. The Morgan fingerprint density at radius 2 is 1.90 bits per heavy atom. The fraction of sp³-hybridized carbons (Fsp3) is 0.278. The summed E-state index contributed by atoms with van der Waals surface area (Å²) in [7, 11) is 0. The van der Waals surface area contributed by atoms with Crippen molar-refractivity contribution in [1.82, 2.24) is 0 Å². The van der Waals surface area contributed by atoms with Crippen molar-refractivity contribution in [2.75, 3.05) is 4.90 Å². The van der Waals surface area contributed by atoms with Gasteiger partial charge >= 0.3 is 0 Å². The first-order valence-corrected chi connectivity index (χ1v) is 7.46. The molecule has 0 aliphatic carbocycles. The van der Waals surface area contributed by atoms with E-state index in [0.717, 1.165) is 30.2 Å². The predicted molar refractivity (Wildman–Crippen MR) is 89.2 cm³/mol. The van der Waals surface area contributed by atoms with Crippen molar-refractivity contribution in [3.8, 4) is 0 Å². The molecule has 2 aromatic carbocycles. The zero-order chi connectivity index (χ0) is 14.8. The lowest BCUT2D eigenvalue weighted by Crippen LogP contribution is -2.44. The van der Waals surface area contributed by atoms with Crippen molar-refractivity contribution in [2.45, 2.75) is 32.9 Å². The highest BCUT2D eigenvalue weighted by atomic mass is 15.2. The number of hydrogen-bond donors (Lipinski definition) is 1. The monoisotopic (exact) mass is 279 g/mol. The number of benzene rings is 2. The molecule has 0 aromatic heterocycles. The summed E-state index contributed by atoms with van der Waals surface area (Å²) in [6.45, 7) is 5.07. The van der Waals surface area contributed by atoms with Gasteiger partial charge in [-0.05, 0) is 37.1 Å². The Bertz CT molecular complexity index is 661. The standard InChI is InChI=1S/C18H21N3/c1-3-16(19)18-20-17-11-7-8-13(2)15(17)12-21(18)14-9-5-4-6-10-14/h4-11,16H,3,12,19H2,1-2H3/t16-/m0/s1. The second-order valence-electron chi connectivity index (χ2n) is 5.48. The first-order chi connectivity index (χ1) is 10.2. The number of rotatable bonds is 3. The largest absolute Gasteiger partial charge is 0.324 e. The Morgan fingerprint density at radius 3 is 2.62 bits per heavy atom. The van der Waals surface area contributed by atoms with E-state index in [1.807, 2.05) is 6.07 Å². The maximum Gasteiger partial charge on any atom is 0.127 e. The van der Waals surface area contributed by atoms with Gasteiger partial charge in [-0.3, -0.25) is 0 Å². The highest BCUT2D eigenvalue weighted by Crippen LogP contribution is 2.32. The minimum Gasteiger partial charge on any atom is -0.324 e. The molecule has 0 saturated carbocycles. The molecule has 3 nitrogen and oxygen atoms in total. The highest BCUT2D eigenvalue weighted by Gasteiger charge is 2.25. The van der Waals surface area contributed by atoms with Crippen molar-refractivity contribution >= 4 is 17.2 Å². The van der Waals surface area contributed by atoms with Crippen molar-refractivity contribution in [1.29, 1.82) is 0 Å². The molecule has 2 N–H and O–H groups in total. The van der Waals surface area contributed by atoms with Crippen LogP contribution >= 0.6 is 0 Å². The Labute approximate surface area is 126 Å². The summed E-state index contributed by atoms with van der Waals surface area (Å²) < 4.78 is 0. The van der Waals surface area contributed by atoms with Crippen LogP contribution in [0.25, 0.3) is 0 Å². The Kier molecular flexibility index (Phi) is 3.76. The van der Waals surface area contributed by atoms with Crippen LogP contribution in [0, 0.1) is 6.92 Å². The van der Waals surface area contributed by atoms with E-state index >= 15 is 0 Å². The molecule has 21 heavy (non-hydrogen) atoms. The molecule has 0 bridgehead atoms. The van der Waals surface area contributed by atoms with Crippen LogP contribution < -0.4 is 10.6 Å². The lowest BCUT2D eigenvalue weighted by molar-refractivity contribution is 0.782. The number of para-hydroxylation sites is 1. The molecule has 108 valence electrons. The number of anilines is 1. The molecule has 1 aliphatic rings. The van der Waals surface area contributed by atoms with E-state index in [1.165, 1.54) is 11.1 Å². The lowest BCUT2D eigenvalue weighted by atomic mass is 10.0. The van der Waals surface area contributed by atoms with E-state index in [2.05, 4.69) is 61.2 Å². The first-order valence-electron chi connectivity index (χ1n) is 7.46. The topological polar surface area (TPSA) is 41.6 Å². The summed E-state index contributed by atoms with van der Waals surface area (Å²) in [5, 5.41) is 0. The summed E-state index contributed by atoms with van der Waals surface area (Å²) in [4.78, 5) is 7.09. The third-order valence-electron chi connectivity index (χ3n) is 4.05. The van der Waals surface area contributed by atoms with Crippen molar-refractivity contribution in [2.24, 2.45) is 10.7 Å². The van der Waals surface area contributed by atoms with Gasteiger partial charge in [0.15, 0.2) is 0 Å². The summed E-state index contributed by atoms with van der Waals surface area (Å²) in [6.07, 6.45) is 0.878. The molecule has 0 radical (unpaired) electrons. The van der Waals surface area contributed by atoms with E-state index in [0.29, 0.717) is 0 Å². The van der Waals surface area contributed by atoms with Crippen LogP contribution in [0.4, 0.5) is 11.4 Å². The average molecular weight is 279 g/mol. The lowest BCUT2D eigenvalue weighted by Gasteiger charge is -2.33. The smallest absolute Gasteiger partial charge is 0.127 e. The number of hydrogen-bond acceptors (Lipinski definition) is 3. The molecular formula is C18H21N3. The fourth-order valence-corrected chi connectivity index (χ4v) is 2.72. The molecule has 0 fully saturated rings. The van der Waals surface area contributed by atoms with Gasteiger partial charge in [-0.1, -0.05) is 37.3 Å². The molecule has 1 atom stereocenters. The first kappa shape index (κ1) is 13.8. The van der Waals surface area contributed by atoms with Crippen molar-refractivity contribution in [3.05, 3.63) is 59.7 Å². The molecule has 0 spiro atoms. The number of nitrogens with zero attached hydrogens (tertiary/aromatic N) is 2. The Hall–Kier alpha value is -2.13. The van der Waals surface area contributed by atoms with Crippen molar-refractivity contribution < 1.29 is 0 Å². The highest BCUT2D eigenvalue weighted by molar-refractivity contribution is 6.04. The summed E-state index contributed by atoms with van der Waals surface area (Å²) in [5.41, 5.74) is 11.1. The van der Waals surface area contributed by atoms with E-state index in [4.69, 9.17) is 10.7 Å². The van der Waals surface area contributed by atoms with Crippen LogP contribution in [0.2, 0.25) is 0 Å². The second kappa shape index (κ2) is 5.70. The van der Waals surface area contributed by atoms with Crippen LogP contribution in [0.1, 0.15) is 24.5 Å². The third kappa shape index (κ3) is 2.57. The second-order valence-corrected chi connectivity index (χ2v) is 5.48. The van der Waals surface area contributed by atoms with Crippen LogP contribution in [0.15, 0.2) is 53.5 Å². The van der Waals surface area contributed by atoms with E-state index in [9.17, 15) is 0 Å². The maximum absolute atomic E-state index is 6.30. The maximum atomic E-state index is 6.30. The van der Waals surface area contributed by atoms with Gasteiger partial charge in [-0.25, -0.2) is 4.99 Å². The molecular weight excluding hydrogens is 258 g/mol. The fourth-order valence-electron chi connectivity index (χ4n) is 2.72. The summed E-state index contributed by atoms with van der Waals surface area (Å²) >= 11 is 0. The van der Waals surface area contributed by atoms with E-state index in [1.54, 1.807) is 0 Å². The number of fused-ring (bicyclic) bond motifs is 1. The van der Waals surface area contributed by atoms with Crippen LogP contribution in [0.3, 0.4) is 0 Å². The molecule has 0 unspecified atom stereocenters. The minimum absolute atomic E-state index is 0.0427. The van der Waals surface area contributed by atoms with Gasteiger partial charge in [0.1, 0.15) is 5.84 Å². The van der Waals surface area contributed by atoms with Gasteiger partial charge < -0.3 is 10.6 Å². The molecule has 3 heteroatoms. The number of aliphatic imine (C=N–C) groups is 1. The quantitative estimate of drug-likeness (QED) is 0.929. The van der Waals surface area contributed by atoms with Crippen LogP contribution in [0.5, 0.6) is 0 Å². The van der Waals surface area contributed by atoms with E-state index in [-0.39, 0.29) is 6.04 Å². The van der Waals surface area contributed by atoms with Crippen LogP contribution in [-0.2, 0) is 6.54 Å². The van der Waals surface area contributed by atoms with Crippen molar-refractivity contribution in [3.63, 3.8) is 0 Å². The third-order valence-corrected chi connectivity index (χ3v) is 4.05. The molecule has 0 saturated heterocycles. The van der Waals surface area contributed by atoms with Gasteiger partial charge in [0, 0.05) is 11.3 Å². The zero-order valence-electron chi connectivity index (χ0n) is 12.6. The number of aryl methyl sites for hydroxylation is 1. The minimum atomic E-state index is -0.0427. The SMILES string of the molecule is CC[C@H](N)C1=Nc2cccc(C)c2CN1c1ccccc1. The van der Waals surface area contributed by atoms with Gasteiger partial charge in [-0.2, -0.15) is 0 Å². The number of nitrogens with two attached hydrogens (primary N) is 1. The van der Waals surface area contributed by atoms with Gasteiger partial charge in [0.05, 0.1) is 18.3 Å². The Balaban J connectivity index is 2.10. The predicted octanol–water partition coefficient (Wildman–Crippen LogP) is 3.78. The molecule has 1 aliphatic heterocycles.